The van der Waals surface area contributed by atoms with Gasteiger partial charge >= 0.3 is 0 Å². The van der Waals surface area contributed by atoms with Crippen LogP contribution >= 0.6 is 15.9 Å². The van der Waals surface area contributed by atoms with Gasteiger partial charge in [0.15, 0.2) is 0 Å². The third kappa shape index (κ3) is 3.06. The molecular formula is C18H18BrNO3. The quantitative estimate of drug-likeness (QED) is 0.854. The summed E-state index contributed by atoms with van der Waals surface area (Å²) in [6, 6.07) is 13.3. The maximum absolute atomic E-state index is 12.8. The highest BCUT2D eigenvalue weighted by Gasteiger charge is 2.51. The van der Waals surface area contributed by atoms with E-state index in [1.807, 2.05) is 24.3 Å². The predicted molar refractivity (Wildman–Crippen MR) is 93.2 cm³/mol. The molecule has 2 aromatic carbocycles. The maximum Gasteiger partial charge on any atom is 0.235 e. The number of methoxy groups -OCH3 is 2. The lowest BCUT2D eigenvalue weighted by Crippen LogP contribution is -2.28. The van der Waals surface area contributed by atoms with Gasteiger partial charge in [0.2, 0.25) is 5.91 Å². The molecule has 2 aromatic rings. The van der Waals surface area contributed by atoms with Crippen LogP contribution in [0.15, 0.2) is 46.9 Å². The van der Waals surface area contributed by atoms with Gasteiger partial charge in [-0.15, -0.1) is 0 Å². The molecule has 1 aliphatic carbocycles. The van der Waals surface area contributed by atoms with Crippen LogP contribution in [0.1, 0.15) is 18.4 Å². The minimum absolute atomic E-state index is 0.00305. The van der Waals surface area contributed by atoms with Crippen molar-refractivity contribution in [1.82, 2.24) is 0 Å². The number of benzene rings is 2. The molecule has 0 aliphatic heterocycles. The largest absolute Gasteiger partial charge is 0.497 e. The van der Waals surface area contributed by atoms with E-state index >= 15 is 0 Å². The average molecular weight is 376 g/mol. The molecule has 120 valence electrons. The number of ether oxygens (including phenoxy) is 2. The van der Waals surface area contributed by atoms with E-state index < -0.39 is 5.41 Å². The first-order valence-corrected chi connectivity index (χ1v) is 8.18. The Morgan fingerprint density at radius 2 is 1.78 bits per heavy atom. The van der Waals surface area contributed by atoms with Gasteiger partial charge in [-0.3, -0.25) is 4.79 Å². The third-order valence-electron chi connectivity index (χ3n) is 4.24. The number of halogens is 1. The van der Waals surface area contributed by atoms with Gasteiger partial charge in [-0.2, -0.15) is 0 Å². The fraction of sp³-hybridized carbons (Fsp3) is 0.278. The molecule has 1 fully saturated rings. The van der Waals surface area contributed by atoms with E-state index in [0.29, 0.717) is 17.2 Å². The SMILES string of the molecule is COc1ccc(NC(=O)C2(c3ccc(Br)cc3)CC2)c(OC)c1. The van der Waals surface area contributed by atoms with Gasteiger partial charge < -0.3 is 14.8 Å². The molecule has 0 unspecified atom stereocenters. The molecule has 0 spiro atoms. The van der Waals surface area contributed by atoms with Crippen molar-refractivity contribution >= 4 is 27.5 Å². The second-order valence-electron chi connectivity index (χ2n) is 5.61. The number of anilines is 1. The Morgan fingerprint density at radius 3 is 2.35 bits per heavy atom. The molecule has 23 heavy (non-hydrogen) atoms. The van der Waals surface area contributed by atoms with Crippen molar-refractivity contribution < 1.29 is 14.3 Å². The van der Waals surface area contributed by atoms with Crippen molar-refractivity contribution in [3.63, 3.8) is 0 Å². The van der Waals surface area contributed by atoms with Crippen LogP contribution < -0.4 is 14.8 Å². The average Bonchev–Trinajstić information content (AvgIpc) is 3.37. The molecule has 1 amide bonds. The van der Waals surface area contributed by atoms with Gasteiger partial charge in [0.25, 0.3) is 0 Å². The van der Waals surface area contributed by atoms with E-state index in [0.717, 1.165) is 22.9 Å². The monoisotopic (exact) mass is 375 g/mol. The molecule has 0 heterocycles. The summed E-state index contributed by atoms with van der Waals surface area (Å²) in [7, 11) is 3.17. The van der Waals surface area contributed by atoms with Crippen LogP contribution in [-0.2, 0) is 10.2 Å². The van der Waals surface area contributed by atoms with Crippen LogP contribution in [0.25, 0.3) is 0 Å². The van der Waals surface area contributed by atoms with Crippen molar-refractivity contribution in [1.29, 1.82) is 0 Å². The van der Waals surface area contributed by atoms with E-state index in [1.54, 1.807) is 32.4 Å². The zero-order valence-corrected chi connectivity index (χ0v) is 14.6. The molecular weight excluding hydrogens is 358 g/mol. The number of carbonyl (C=O) groups is 1. The highest BCUT2D eigenvalue weighted by atomic mass is 79.9. The summed E-state index contributed by atoms with van der Waals surface area (Å²) in [6.07, 6.45) is 1.72. The second-order valence-corrected chi connectivity index (χ2v) is 6.53. The molecule has 5 heteroatoms. The number of amides is 1. The van der Waals surface area contributed by atoms with E-state index in [-0.39, 0.29) is 5.91 Å². The molecule has 0 radical (unpaired) electrons. The fourth-order valence-electron chi connectivity index (χ4n) is 2.68. The first-order valence-electron chi connectivity index (χ1n) is 7.38. The Bertz CT molecular complexity index is 724. The lowest BCUT2D eigenvalue weighted by Gasteiger charge is -2.18. The first-order chi connectivity index (χ1) is 11.1. The van der Waals surface area contributed by atoms with E-state index in [4.69, 9.17) is 9.47 Å². The van der Waals surface area contributed by atoms with Crippen LogP contribution in [0, 0.1) is 0 Å². The van der Waals surface area contributed by atoms with Crippen molar-refractivity contribution in [3.05, 3.63) is 52.5 Å². The molecule has 0 bridgehead atoms. The highest BCUT2D eigenvalue weighted by molar-refractivity contribution is 9.10. The molecule has 0 atom stereocenters. The first kappa shape index (κ1) is 15.9. The minimum atomic E-state index is -0.425. The predicted octanol–water partition coefficient (Wildman–Crippen LogP) is 4.14. The number of hydrogen-bond donors (Lipinski definition) is 1. The number of carbonyl (C=O) groups excluding carboxylic acids is 1. The molecule has 1 saturated carbocycles. The Hall–Kier alpha value is -2.01. The standard InChI is InChI=1S/C18H18BrNO3/c1-22-14-7-8-15(16(11-14)23-2)20-17(21)18(9-10-18)12-3-5-13(19)6-4-12/h3-8,11H,9-10H2,1-2H3,(H,20,21). The third-order valence-corrected chi connectivity index (χ3v) is 4.77. The van der Waals surface area contributed by atoms with Gasteiger partial charge in [0, 0.05) is 10.5 Å². The Balaban J connectivity index is 1.83. The van der Waals surface area contributed by atoms with Crippen LogP contribution in [0.2, 0.25) is 0 Å². The van der Waals surface area contributed by atoms with Gasteiger partial charge in [-0.25, -0.2) is 0 Å². The summed E-state index contributed by atoms with van der Waals surface area (Å²) in [6.45, 7) is 0. The van der Waals surface area contributed by atoms with E-state index in [1.165, 1.54) is 0 Å². The summed E-state index contributed by atoms with van der Waals surface area (Å²) in [5, 5.41) is 3.00. The fourth-order valence-corrected chi connectivity index (χ4v) is 2.95. The van der Waals surface area contributed by atoms with Crippen LogP contribution in [-0.4, -0.2) is 20.1 Å². The Labute approximate surface area is 143 Å². The van der Waals surface area contributed by atoms with Gasteiger partial charge in [0.1, 0.15) is 11.5 Å². The van der Waals surface area contributed by atoms with Crippen LogP contribution in [0.5, 0.6) is 11.5 Å². The zero-order valence-electron chi connectivity index (χ0n) is 13.1. The summed E-state index contributed by atoms with van der Waals surface area (Å²) in [4.78, 5) is 12.8. The maximum atomic E-state index is 12.8. The van der Waals surface area contributed by atoms with Gasteiger partial charge in [-0.1, -0.05) is 28.1 Å². The van der Waals surface area contributed by atoms with Crippen molar-refractivity contribution in [3.8, 4) is 11.5 Å². The molecule has 0 aromatic heterocycles. The number of rotatable bonds is 5. The van der Waals surface area contributed by atoms with Gasteiger partial charge in [0.05, 0.1) is 25.3 Å². The van der Waals surface area contributed by atoms with E-state index in [9.17, 15) is 4.79 Å². The van der Waals surface area contributed by atoms with Crippen molar-refractivity contribution in [2.45, 2.75) is 18.3 Å². The van der Waals surface area contributed by atoms with Gasteiger partial charge in [-0.05, 0) is 42.7 Å². The zero-order chi connectivity index (χ0) is 16.4. The van der Waals surface area contributed by atoms with Crippen molar-refractivity contribution in [2.75, 3.05) is 19.5 Å². The molecule has 1 aliphatic rings. The molecule has 3 rings (SSSR count). The molecule has 1 N–H and O–H groups in total. The highest BCUT2D eigenvalue weighted by Crippen LogP contribution is 2.49. The smallest absolute Gasteiger partial charge is 0.235 e. The Kier molecular flexibility index (Phi) is 4.31. The van der Waals surface area contributed by atoms with Crippen LogP contribution in [0.3, 0.4) is 0 Å². The topological polar surface area (TPSA) is 47.6 Å². The normalized spacial score (nSPS) is 14.9. The second kappa shape index (κ2) is 6.24. The number of hydrogen-bond acceptors (Lipinski definition) is 3. The molecule has 4 nitrogen and oxygen atoms in total. The minimum Gasteiger partial charge on any atom is -0.497 e. The molecule has 0 saturated heterocycles. The van der Waals surface area contributed by atoms with Crippen LogP contribution in [0.4, 0.5) is 5.69 Å². The number of nitrogens with one attached hydrogen (secondary N) is 1. The van der Waals surface area contributed by atoms with E-state index in [2.05, 4.69) is 21.2 Å². The lowest BCUT2D eigenvalue weighted by molar-refractivity contribution is -0.118. The van der Waals surface area contributed by atoms with Crippen molar-refractivity contribution in [2.24, 2.45) is 0 Å². The summed E-state index contributed by atoms with van der Waals surface area (Å²) in [5.74, 6) is 1.28. The summed E-state index contributed by atoms with van der Waals surface area (Å²) in [5.41, 5.74) is 1.28. The summed E-state index contributed by atoms with van der Waals surface area (Å²) < 4.78 is 11.5. The lowest BCUT2D eigenvalue weighted by atomic mass is 9.95. The summed E-state index contributed by atoms with van der Waals surface area (Å²) >= 11 is 3.43. The Morgan fingerprint density at radius 1 is 1.09 bits per heavy atom.